The predicted molar refractivity (Wildman–Crippen MR) is 73.0 cm³/mol. The minimum absolute atomic E-state index is 0.182. The van der Waals surface area contributed by atoms with Gasteiger partial charge in [-0.1, -0.05) is 38.1 Å². The van der Waals surface area contributed by atoms with E-state index in [0.29, 0.717) is 18.6 Å². The molecule has 0 aromatic heterocycles. The van der Waals surface area contributed by atoms with E-state index in [9.17, 15) is 4.39 Å². The molecule has 1 unspecified atom stereocenters. The summed E-state index contributed by atoms with van der Waals surface area (Å²) in [6.45, 7) is 6.71. The van der Waals surface area contributed by atoms with Gasteiger partial charge in [0.15, 0.2) is 0 Å². The summed E-state index contributed by atoms with van der Waals surface area (Å²) in [5.74, 6) is -0.189. The average molecular weight is 251 g/mol. The highest BCUT2D eigenvalue weighted by Gasteiger charge is 2.15. The third-order valence-electron chi connectivity index (χ3n) is 2.89. The van der Waals surface area contributed by atoms with Gasteiger partial charge in [0, 0.05) is 25.8 Å². The maximum absolute atomic E-state index is 13.6. The van der Waals surface area contributed by atoms with Crippen molar-refractivity contribution in [3.63, 3.8) is 0 Å². The van der Waals surface area contributed by atoms with Crippen molar-refractivity contribution in [3.05, 3.63) is 47.9 Å². The Balaban J connectivity index is 2.66. The van der Waals surface area contributed by atoms with Gasteiger partial charge in [-0.2, -0.15) is 0 Å². The summed E-state index contributed by atoms with van der Waals surface area (Å²) in [5, 5.41) is 2.99. The van der Waals surface area contributed by atoms with Crippen molar-refractivity contribution in [3.8, 4) is 0 Å². The summed E-state index contributed by atoms with van der Waals surface area (Å²) >= 11 is 0. The second-order valence-corrected chi connectivity index (χ2v) is 4.28. The van der Waals surface area contributed by atoms with Gasteiger partial charge in [0.2, 0.25) is 0 Å². The van der Waals surface area contributed by atoms with E-state index in [4.69, 9.17) is 4.74 Å². The van der Waals surface area contributed by atoms with Crippen LogP contribution in [0.3, 0.4) is 0 Å². The molecule has 0 aliphatic heterocycles. The summed E-state index contributed by atoms with van der Waals surface area (Å²) in [5.41, 5.74) is 1.45. The zero-order valence-electron chi connectivity index (χ0n) is 11.2. The van der Waals surface area contributed by atoms with E-state index in [1.165, 1.54) is 6.07 Å². The molecule has 1 N–H and O–H groups in total. The molecule has 0 saturated carbocycles. The number of unbranched alkanes of at least 4 members (excludes halogenated alkanes) is 1. The minimum atomic E-state index is -0.189. The normalized spacial score (nSPS) is 12.2. The average Bonchev–Trinajstić information content (AvgIpc) is 2.39. The fraction of sp³-hybridized carbons (Fsp3) is 0.467. The van der Waals surface area contributed by atoms with E-state index in [-0.39, 0.29) is 11.9 Å². The number of rotatable bonds is 8. The maximum Gasteiger partial charge on any atom is 0.126 e. The largest absolute Gasteiger partial charge is 0.390 e. The number of hydrogen-bond donors (Lipinski definition) is 1. The Kier molecular flexibility index (Phi) is 6.44. The van der Waals surface area contributed by atoms with Crippen LogP contribution in [0.2, 0.25) is 0 Å². The monoisotopic (exact) mass is 251 g/mol. The van der Waals surface area contributed by atoms with Crippen LogP contribution in [0.1, 0.15) is 25.3 Å². The van der Waals surface area contributed by atoms with Crippen molar-refractivity contribution < 1.29 is 9.13 Å². The lowest BCUT2D eigenvalue weighted by Crippen LogP contribution is -2.26. The Bertz CT molecular complexity index is 379. The summed E-state index contributed by atoms with van der Waals surface area (Å²) in [4.78, 5) is 0. The molecule has 1 aromatic rings. The SMILES string of the molecule is C=C(NC)C(Cc1ccccc1F)OCCCC. The van der Waals surface area contributed by atoms with Gasteiger partial charge in [0.25, 0.3) is 0 Å². The van der Waals surface area contributed by atoms with Crippen LogP contribution in [0.5, 0.6) is 0 Å². The number of halogens is 1. The van der Waals surface area contributed by atoms with Crippen LogP contribution in [-0.2, 0) is 11.2 Å². The molecule has 2 nitrogen and oxygen atoms in total. The van der Waals surface area contributed by atoms with Gasteiger partial charge in [-0.15, -0.1) is 0 Å². The van der Waals surface area contributed by atoms with Crippen LogP contribution in [0.25, 0.3) is 0 Å². The molecule has 0 aliphatic carbocycles. The maximum atomic E-state index is 13.6. The van der Waals surface area contributed by atoms with Crippen molar-refractivity contribution >= 4 is 0 Å². The molecule has 1 rings (SSSR count). The van der Waals surface area contributed by atoms with Gasteiger partial charge in [-0.3, -0.25) is 0 Å². The molecule has 3 heteroatoms. The molecule has 0 saturated heterocycles. The first-order chi connectivity index (χ1) is 8.69. The summed E-state index contributed by atoms with van der Waals surface area (Å²) in [7, 11) is 1.81. The lowest BCUT2D eigenvalue weighted by atomic mass is 10.1. The van der Waals surface area contributed by atoms with Gasteiger partial charge >= 0.3 is 0 Å². The predicted octanol–water partition coefficient (Wildman–Crippen LogP) is 3.29. The van der Waals surface area contributed by atoms with E-state index in [1.54, 1.807) is 19.2 Å². The van der Waals surface area contributed by atoms with Gasteiger partial charge < -0.3 is 10.1 Å². The standard InChI is InChI=1S/C15H22FNO/c1-4-5-10-18-15(12(2)17-3)11-13-8-6-7-9-14(13)16/h6-9,15,17H,2,4-5,10-11H2,1,3H3. The third-order valence-corrected chi connectivity index (χ3v) is 2.89. The highest BCUT2D eigenvalue weighted by Crippen LogP contribution is 2.14. The Morgan fingerprint density at radius 1 is 1.44 bits per heavy atom. The summed E-state index contributed by atoms with van der Waals surface area (Å²) in [6.07, 6.45) is 2.41. The smallest absolute Gasteiger partial charge is 0.126 e. The molecular weight excluding hydrogens is 229 g/mol. The Hall–Kier alpha value is -1.35. The van der Waals surface area contributed by atoms with Crippen LogP contribution in [-0.4, -0.2) is 19.8 Å². The molecule has 100 valence electrons. The van der Waals surface area contributed by atoms with E-state index < -0.39 is 0 Å². The first-order valence-electron chi connectivity index (χ1n) is 6.40. The minimum Gasteiger partial charge on any atom is -0.390 e. The van der Waals surface area contributed by atoms with E-state index in [2.05, 4.69) is 18.8 Å². The van der Waals surface area contributed by atoms with Crippen LogP contribution >= 0.6 is 0 Å². The molecule has 0 amide bonds. The van der Waals surface area contributed by atoms with Crippen molar-refractivity contribution in [1.29, 1.82) is 0 Å². The van der Waals surface area contributed by atoms with Crippen molar-refractivity contribution in [2.45, 2.75) is 32.3 Å². The van der Waals surface area contributed by atoms with Crippen LogP contribution in [0.15, 0.2) is 36.5 Å². The third kappa shape index (κ3) is 4.49. The molecule has 0 aliphatic rings. The van der Waals surface area contributed by atoms with Gasteiger partial charge in [0.1, 0.15) is 11.9 Å². The number of ether oxygens (including phenoxy) is 1. The van der Waals surface area contributed by atoms with Crippen molar-refractivity contribution in [2.24, 2.45) is 0 Å². The molecular formula is C15H22FNO. The molecule has 0 radical (unpaired) electrons. The lowest BCUT2D eigenvalue weighted by molar-refractivity contribution is 0.0715. The number of likely N-dealkylation sites (N-methyl/N-ethyl adjacent to an activating group) is 1. The van der Waals surface area contributed by atoms with Crippen LogP contribution < -0.4 is 5.32 Å². The van der Waals surface area contributed by atoms with Gasteiger partial charge in [-0.25, -0.2) is 4.39 Å². The molecule has 0 heterocycles. The molecule has 1 aromatic carbocycles. The first-order valence-corrected chi connectivity index (χ1v) is 6.40. The van der Waals surface area contributed by atoms with Crippen molar-refractivity contribution in [1.82, 2.24) is 5.32 Å². The zero-order chi connectivity index (χ0) is 13.4. The van der Waals surface area contributed by atoms with E-state index in [0.717, 1.165) is 18.5 Å². The van der Waals surface area contributed by atoms with E-state index >= 15 is 0 Å². The summed E-state index contributed by atoms with van der Waals surface area (Å²) < 4.78 is 19.4. The number of nitrogens with one attached hydrogen (secondary N) is 1. The second kappa shape index (κ2) is 7.88. The molecule has 0 bridgehead atoms. The Morgan fingerprint density at radius 3 is 2.78 bits per heavy atom. The highest BCUT2D eigenvalue weighted by molar-refractivity contribution is 5.20. The Labute approximate surface area is 109 Å². The van der Waals surface area contributed by atoms with Gasteiger partial charge in [0.05, 0.1) is 0 Å². The highest BCUT2D eigenvalue weighted by atomic mass is 19.1. The molecule has 18 heavy (non-hydrogen) atoms. The number of benzene rings is 1. The summed E-state index contributed by atoms with van der Waals surface area (Å²) in [6, 6.07) is 6.79. The second-order valence-electron chi connectivity index (χ2n) is 4.28. The first kappa shape index (κ1) is 14.7. The topological polar surface area (TPSA) is 21.3 Å². The number of hydrogen-bond acceptors (Lipinski definition) is 2. The Morgan fingerprint density at radius 2 is 2.17 bits per heavy atom. The quantitative estimate of drug-likeness (QED) is 0.716. The molecule has 1 atom stereocenters. The zero-order valence-corrected chi connectivity index (χ0v) is 11.2. The molecule has 0 spiro atoms. The van der Waals surface area contributed by atoms with E-state index in [1.807, 2.05) is 6.07 Å². The van der Waals surface area contributed by atoms with Crippen molar-refractivity contribution in [2.75, 3.05) is 13.7 Å². The molecule has 0 fully saturated rings. The fourth-order valence-corrected chi connectivity index (χ4v) is 1.68. The fourth-order valence-electron chi connectivity index (χ4n) is 1.68. The van der Waals surface area contributed by atoms with Crippen LogP contribution in [0, 0.1) is 5.82 Å². The van der Waals surface area contributed by atoms with Gasteiger partial charge in [-0.05, 0) is 18.1 Å². The lowest BCUT2D eigenvalue weighted by Gasteiger charge is -2.20. The van der Waals surface area contributed by atoms with Crippen LogP contribution in [0.4, 0.5) is 4.39 Å².